The first kappa shape index (κ1) is 11.6. The Kier molecular flexibility index (Phi) is 2.84. The van der Waals surface area contributed by atoms with E-state index in [2.05, 4.69) is 4.74 Å². The van der Waals surface area contributed by atoms with E-state index >= 15 is 0 Å². The summed E-state index contributed by atoms with van der Waals surface area (Å²) in [5, 5.41) is 8.98. The molecule has 0 aliphatic carbocycles. The van der Waals surface area contributed by atoms with Crippen molar-refractivity contribution in [3.63, 3.8) is 0 Å². The monoisotopic (exact) mass is 245 g/mol. The van der Waals surface area contributed by atoms with Crippen LogP contribution < -0.4 is 10.5 Å². The molecule has 17 heavy (non-hydrogen) atoms. The van der Waals surface area contributed by atoms with Crippen LogP contribution in [0.25, 0.3) is 0 Å². The van der Waals surface area contributed by atoms with Gasteiger partial charge in [0.25, 0.3) is 0 Å². The van der Waals surface area contributed by atoms with Crippen molar-refractivity contribution in [2.75, 3.05) is 0 Å². The molecule has 0 saturated carbocycles. The SMILES string of the molecule is NC(=O)OC1Cc2c(F)c(F)cc(CO)c2O1. The zero-order valence-corrected chi connectivity index (χ0v) is 8.57. The summed E-state index contributed by atoms with van der Waals surface area (Å²) in [6.45, 7) is -0.511. The number of rotatable bonds is 2. The highest BCUT2D eigenvalue weighted by Gasteiger charge is 2.32. The lowest BCUT2D eigenvalue weighted by Crippen LogP contribution is -2.25. The zero-order valence-electron chi connectivity index (χ0n) is 8.57. The average Bonchev–Trinajstić information content (AvgIpc) is 2.66. The van der Waals surface area contributed by atoms with Crippen molar-refractivity contribution < 1.29 is 28.2 Å². The maximum atomic E-state index is 13.4. The normalized spacial score (nSPS) is 17.5. The number of carbonyl (C=O) groups is 1. The summed E-state index contributed by atoms with van der Waals surface area (Å²) in [6.07, 6.45) is -2.31. The number of aliphatic hydroxyl groups is 1. The summed E-state index contributed by atoms with van der Waals surface area (Å²) < 4.78 is 36.2. The van der Waals surface area contributed by atoms with E-state index in [4.69, 9.17) is 15.6 Å². The summed E-state index contributed by atoms with van der Waals surface area (Å²) in [7, 11) is 0. The molecule has 1 heterocycles. The van der Waals surface area contributed by atoms with E-state index in [1.54, 1.807) is 0 Å². The van der Waals surface area contributed by atoms with E-state index in [0.717, 1.165) is 6.07 Å². The predicted octanol–water partition coefficient (Wildman–Crippen LogP) is 0.813. The Hall–Kier alpha value is -1.89. The van der Waals surface area contributed by atoms with Crippen LogP contribution in [0.5, 0.6) is 5.75 Å². The number of fused-ring (bicyclic) bond motifs is 1. The molecule has 0 aromatic heterocycles. The molecule has 5 nitrogen and oxygen atoms in total. The van der Waals surface area contributed by atoms with Crippen LogP contribution in [0.4, 0.5) is 13.6 Å². The number of carbonyl (C=O) groups excluding carboxylic acids is 1. The van der Waals surface area contributed by atoms with Gasteiger partial charge >= 0.3 is 6.09 Å². The molecule has 92 valence electrons. The van der Waals surface area contributed by atoms with Crippen LogP contribution in [-0.4, -0.2) is 17.5 Å². The summed E-state index contributed by atoms with van der Waals surface area (Å²) in [6, 6.07) is 0.834. The van der Waals surface area contributed by atoms with Gasteiger partial charge in [-0.3, -0.25) is 0 Å². The van der Waals surface area contributed by atoms with E-state index in [1.165, 1.54) is 0 Å². The second-order valence-corrected chi connectivity index (χ2v) is 3.49. The van der Waals surface area contributed by atoms with E-state index in [1.807, 2.05) is 0 Å². The highest BCUT2D eigenvalue weighted by Crippen LogP contribution is 2.36. The van der Waals surface area contributed by atoms with Gasteiger partial charge in [-0.25, -0.2) is 13.6 Å². The van der Waals surface area contributed by atoms with Crippen LogP contribution >= 0.6 is 0 Å². The third kappa shape index (κ3) is 2.01. The van der Waals surface area contributed by atoms with Gasteiger partial charge in [0.05, 0.1) is 13.0 Å². The zero-order chi connectivity index (χ0) is 12.6. The molecular weight excluding hydrogens is 236 g/mol. The second-order valence-electron chi connectivity index (χ2n) is 3.49. The third-order valence-electron chi connectivity index (χ3n) is 2.38. The molecule has 3 N–H and O–H groups in total. The number of nitrogens with two attached hydrogens (primary N) is 1. The van der Waals surface area contributed by atoms with Gasteiger partial charge in [-0.05, 0) is 6.07 Å². The molecule has 1 unspecified atom stereocenters. The molecule has 0 bridgehead atoms. The quantitative estimate of drug-likeness (QED) is 0.807. The highest BCUT2D eigenvalue weighted by atomic mass is 19.2. The lowest BCUT2D eigenvalue weighted by Gasteiger charge is -2.10. The van der Waals surface area contributed by atoms with Crippen molar-refractivity contribution in [2.24, 2.45) is 5.73 Å². The standard InChI is InChI=1S/C10H9F2NO4/c11-6-1-4(3-14)9-5(8(6)12)2-7(16-9)17-10(13)15/h1,7,14H,2-3H2,(H2,13,15). The molecule has 1 amide bonds. The number of benzene rings is 1. The molecule has 7 heteroatoms. The van der Waals surface area contributed by atoms with Gasteiger partial charge in [0.15, 0.2) is 11.6 Å². The van der Waals surface area contributed by atoms with Crippen LogP contribution in [0.2, 0.25) is 0 Å². The van der Waals surface area contributed by atoms with Crippen LogP contribution in [0.1, 0.15) is 11.1 Å². The Morgan fingerprint density at radius 3 is 2.94 bits per heavy atom. The van der Waals surface area contributed by atoms with Crippen molar-refractivity contribution in [3.05, 3.63) is 28.8 Å². The third-order valence-corrected chi connectivity index (χ3v) is 2.38. The van der Waals surface area contributed by atoms with Gasteiger partial charge in [0, 0.05) is 11.1 Å². The van der Waals surface area contributed by atoms with E-state index in [0.29, 0.717) is 0 Å². The number of aliphatic hydroxyl groups excluding tert-OH is 1. The number of hydrogen-bond acceptors (Lipinski definition) is 4. The summed E-state index contributed by atoms with van der Waals surface area (Å²) >= 11 is 0. The topological polar surface area (TPSA) is 81.8 Å². The largest absolute Gasteiger partial charge is 0.454 e. The van der Waals surface area contributed by atoms with Crippen LogP contribution in [0, 0.1) is 11.6 Å². The smallest absolute Gasteiger partial charge is 0.407 e. The first-order chi connectivity index (χ1) is 8.02. The minimum atomic E-state index is -1.09. The second kappa shape index (κ2) is 4.17. The molecule has 1 atom stereocenters. The molecule has 0 saturated heterocycles. The molecule has 1 aromatic rings. The van der Waals surface area contributed by atoms with E-state index < -0.39 is 30.6 Å². The van der Waals surface area contributed by atoms with Gasteiger partial charge in [-0.15, -0.1) is 0 Å². The van der Waals surface area contributed by atoms with Crippen LogP contribution in [0.3, 0.4) is 0 Å². The number of primary amides is 1. The first-order valence-electron chi connectivity index (χ1n) is 4.76. The minimum absolute atomic E-state index is 0.00218. The van der Waals surface area contributed by atoms with Crippen LogP contribution in [0.15, 0.2) is 6.07 Å². The lowest BCUT2D eigenvalue weighted by molar-refractivity contribution is -0.0131. The Balaban J connectivity index is 2.36. The van der Waals surface area contributed by atoms with Crippen molar-refractivity contribution in [1.29, 1.82) is 0 Å². The van der Waals surface area contributed by atoms with Gasteiger partial charge in [0.2, 0.25) is 6.29 Å². The molecule has 1 aliphatic rings. The van der Waals surface area contributed by atoms with Gasteiger partial charge in [0.1, 0.15) is 5.75 Å². The van der Waals surface area contributed by atoms with Crippen molar-refractivity contribution >= 4 is 6.09 Å². The average molecular weight is 245 g/mol. The fraction of sp³-hybridized carbons (Fsp3) is 0.300. The first-order valence-corrected chi connectivity index (χ1v) is 4.76. The molecule has 0 fully saturated rings. The van der Waals surface area contributed by atoms with Crippen LogP contribution in [-0.2, 0) is 17.8 Å². The maximum absolute atomic E-state index is 13.4. The molecule has 0 spiro atoms. The fourth-order valence-electron chi connectivity index (χ4n) is 1.70. The Morgan fingerprint density at radius 2 is 2.35 bits per heavy atom. The van der Waals surface area contributed by atoms with Crippen molar-refractivity contribution in [3.8, 4) is 5.75 Å². The molecule has 1 aromatic carbocycles. The number of halogens is 2. The van der Waals surface area contributed by atoms with Crippen molar-refractivity contribution in [2.45, 2.75) is 19.3 Å². The van der Waals surface area contributed by atoms with E-state index in [9.17, 15) is 13.6 Å². The molecule has 1 aliphatic heterocycles. The van der Waals surface area contributed by atoms with Gasteiger partial charge in [-0.1, -0.05) is 0 Å². The summed E-state index contributed by atoms with van der Waals surface area (Å²) in [4.78, 5) is 10.5. The fourth-order valence-corrected chi connectivity index (χ4v) is 1.70. The Morgan fingerprint density at radius 1 is 1.65 bits per heavy atom. The maximum Gasteiger partial charge on any atom is 0.407 e. The molecule has 0 radical (unpaired) electrons. The molecule has 2 rings (SSSR count). The number of amides is 1. The molecular formula is C10H9F2NO4. The van der Waals surface area contributed by atoms with E-state index in [-0.39, 0.29) is 23.3 Å². The van der Waals surface area contributed by atoms with Gasteiger partial charge < -0.3 is 20.3 Å². The summed E-state index contributed by atoms with van der Waals surface area (Å²) in [5.74, 6) is -2.17. The predicted molar refractivity (Wildman–Crippen MR) is 51.1 cm³/mol. The number of hydrogen-bond donors (Lipinski definition) is 2. The summed E-state index contributed by atoms with van der Waals surface area (Å²) in [5.41, 5.74) is 4.81. The van der Waals surface area contributed by atoms with Gasteiger partial charge in [-0.2, -0.15) is 0 Å². The minimum Gasteiger partial charge on any atom is -0.454 e. The Bertz CT molecular complexity index is 478. The highest BCUT2D eigenvalue weighted by molar-refractivity contribution is 5.65. The lowest BCUT2D eigenvalue weighted by atomic mass is 10.1. The van der Waals surface area contributed by atoms with Crippen molar-refractivity contribution in [1.82, 2.24) is 0 Å². The Labute approximate surface area is 94.7 Å². The number of ether oxygens (including phenoxy) is 2.